The average Bonchev–Trinajstić information content (AvgIpc) is 2.86. The molecule has 0 aliphatic carbocycles. The molecule has 0 saturated carbocycles. The summed E-state index contributed by atoms with van der Waals surface area (Å²) in [6, 6.07) is 6.21. The quantitative estimate of drug-likeness (QED) is 0.742. The second-order valence-electron chi connectivity index (χ2n) is 4.33. The van der Waals surface area contributed by atoms with E-state index in [0.29, 0.717) is 16.8 Å². The predicted octanol–water partition coefficient (Wildman–Crippen LogP) is 2.95. The Labute approximate surface area is 103 Å². The number of halogens is 1. The number of amides is 1. The summed E-state index contributed by atoms with van der Waals surface area (Å²) in [5, 5.41) is 2.71. The molecule has 4 heteroatoms. The molecule has 2 heterocycles. The van der Waals surface area contributed by atoms with Crippen LogP contribution in [0.15, 0.2) is 30.5 Å². The number of hydrogen-bond donors (Lipinski definition) is 2. The number of anilines is 1. The molecule has 3 rings (SSSR count). The molecule has 0 fully saturated rings. The maximum atomic E-state index is 13.2. The van der Waals surface area contributed by atoms with E-state index in [1.54, 1.807) is 12.1 Å². The molecule has 3 nitrogen and oxygen atoms in total. The molecule has 90 valence electrons. The van der Waals surface area contributed by atoms with Gasteiger partial charge in [0, 0.05) is 23.1 Å². The lowest BCUT2D eigenvalue weighted by Crippen LogP contribution is -2.03. The number of rotatable bonds is 1. The number of fused-ring (bicyclic) bond motifs is 1. The van der Waals surface area contributed by atoms with Crippen molar-refractivity contribution < 1.29 is 9.18 Å². The molecule has 1 aromatic carbocycles. The summed E-state index contributed by atoms with van der Waals surface area (Å²) >= 11 is 0. The summed E-state index contributed by atoms with van der Waals surface area (Å²) in [6.07, 6.45) is 3.58. The molecule has 0 saturated heterocycles. The standard InChI is InChI=1S/C14H11FN2O/c1-8-4-10(16-7-8)6-12-11-5-9(15)2-3-13(11)17-14(12)18/h2-7,16H,1H3,(H,17,18)/b12-6-. The number of hydrogen-bond acceptors (Lipinski definition) is 1. The van der Waals surface area contributed by atoms with Crippen molar-refractivity contribution in [1.29, 1.82) is 0 Å². The Bertz CT molecular complexity index is 670. The van der Waals surface area contributed by atoms with E-state index in [4.69, 9.17) is 0 Å². The van der Waals surface area contributed by atoms with Gasteiger partial charge in [-0.2, -0.15) is 0 Å². The molecule has 2 aromatic rings. The molecule has 1 aliphatic heterocycles. The van der Waals surface area contributed by atoms with Crippen LogP contribution >= 0.6 is 0 Å². The molecule has 0 spiro atoms. The van der Waals surface area contributed by atoms with Gasteiger partial charge in [-0.1, -0.05) is 0 Å². The maximum absolute atomic E-state index is 13.2. The highest BCUT2D eigenvalue weighted by Gasteiger charge is 2.24. The molecule has 0 unspecified atom stereocenters. The molecule has 0 atom stereocenters. The van der Waals surface area contributed by atoms with Crippen LogP contribution in [0.3, 0.4) is 0 Å². The van der Waals surface area contributed by atoms with E-state index in [9.17, 15) is 9.18 Å². The number of H-pyrrole nitrogens is 1. The van der Waals surface area contributed by atoms with E-state index in [2.05, 4.69) is 10.3 Å². The van der Waals surface area contributed by atoms with E-state index in [1.165, 1.54) is 12.1 Å². The Kier molecular flexibility index (Phi) is 2.30. The smallest absolute Gasteiger partial charge is 0.256 e. The minimum atomic E-state index is -0.348. The van der Waals surface area contributed by atoms with Crippen LogP contribution < -0.4 is 5.32 Å². The highest BCUT2D eigenvalue weighted by molar-refractivity contribution is 6.34. The second-order valence-corrected chi connectivity index (χ2v) is 4.33. The Morgan fingerprint density at radius 1 is 1.28 bits per heavy atom. The zero-order chi connectivity index (χ0) is 12.7. The molecule has 2 N–H and O–H groups in total. The molecule has 1 aromatic heterocycles. The van der Waals surface area contributed by atoms with Crippen LogP contribution in [-0.2, 0) is 4.79 Å². The first-order valence-corrected chi connectivity index (χ1v) is 5.61. The molecule has 0 bridgehead atoms. The molecular formula is C14H11FN2O. The van der Waals surface area contributed by atoms with Crippen LogP contribution in [-0.4, -0.2) is 10.9 Å². The van der Waals surface area contributed by atoms with Crippen LogP contribution in [0.4, 0.5) is 10.1 Å². The number of carbonyl (C=O) groups is 1. The summed E-state index contributed by atoms with van der Waals surface area (Å²) in [5.41, 5.74) is 3.64. The average molecular weight is 242 g/mol. The predicted molar refractivity (Wildman–Crippen MR) is 68.4 cm³/mol. The van der Waals surface area contributed by atoms with E-state index < -0.39 is 0 Å². The van der Waals surface area contributed by atoms with Gasteiger partial charge in [0.2, 0.25) is 0 Å². The largest absolute Gasteiger partial charge is 0.361 e. The highest BCUT2D eigenvalue weighted by atomic mass is 19.1. The monoisotopic (exact) mass is 242 g/mol. The SMILES string of the molecule is Cc1c[nH]c(/C=C2\C(=O)Nc3ccc(F)cc32)c1. The van der Waals surface area contributed by atoms with Crippen molar-refractivity contribution in [3.8, 4) is 0 Å². The normalized spacial score (nSPS) is 15.9. The Hall–Kier alpha value is -2.36. The Morgan fingerprint density at radius 2 is 2.11 bits per heavy atom. The van der Waals surface area contributed by atoms with E-state index in [-0.39, 0.29) is 11.7 Å². The van der Waals surface area contributed by atoms with Gasteiger partial charge in [-0.25, -0.2) is 4.39 Å². The highest BCUT2D eigenvalue weighted by Crippen LogP contribution is 2.33. The number of aryl methyl sites for hydroxylation is 1. The van der Waals surface area contributed by atoms with Crippen molar-refractivity contribution in [2.75, 3.05) is 5.32 Å². The molecule has 1 aliphatic rings. The molecule has 0 radical (unpaired) electrons. The summed E-state index contributed by atoms with van der Waals surface area (Å²) in [4.78, 5) is 14.9. The number of benzene rings is 1. The van der Waals surface area contributed by atoms with Gasteiger partial charge in [0.1, 0.15) is 5.82 Å². The third kappa shape index (κ3) is 1.72. The van der Waals surface area contributed by atoms with Gasteiger partial charge in [0.15, 0.2) is 0 Å². The summed E-state index contributed by atoms with van der Waals surface area (Å²) in [6.45, 7) is 1.96. The van der Waals surface area contributed by atoms with Gasteiger partial charge in [-0.05, 0) is 42.8 Å². The van der Waals surface area contributed by atoms with Gasteiger partial charge in [0.25, 0.3) is 5.91 Å². The lowest BCUT2D eigenvalue weighted by atomic mass is 10.1. The van der Waals surface area contributed by atoms with Crippen LogP contribution in [0.25, 0.3) is 11.6 Å². The van der Waals surface area contributed by atoms with Crippen molar-refractivity contribution >= 4 is 23.2 Å². The number of aromatic nitrogens is 1. The van der Waals surface area contributed by atoms with Crippen LogP contribution in [0.2, 0.25) is 0 Å². The van der Waals surface area contributed by atoms with Crippen LogP contribution in [0, 0.1) is 12.7 Å². The Balaban J connectivity index is 2.11. The van der Waals surface area contributed by atoms with Crippen molar-refractivity contribution in [1.82, 2.24) is 4.98 Å². The number of carbonyl (C=O) groups excluding carboxylic acids is 1. The van der Waals surface area contributed by atoms with Gasteiger partial charge < -0.3 is 10.3 Å². The fourth-order valence-corrected chi connectivity index (χ4v) is 2.07. The molecular weight excluding hydrogens is 231 g/mol. The van der Waals surface area contributed by atoms with Crippen molar-refractivity contribution in [2.45, 2.75) is 6.92 Å². The van der Waals surface area contributed by atoms with Crippen LogP contribution in [0.1, 0.15) is 16.8 Å². The maximum Gasteiger partial charge on any atom is 0.256 e. The third-order valence-corrected chi connectivity index (χ3v) is 2.91. The minimum absolute atomic E-state index is 0.206. The van der Waals surface area contributed by atoms with Gasteiger partial charge in [-0.15, -0.1) is 0 Å². The fraction of sp³-hybridized carbons (Fsp3) is 0.0714. The first-order valence-electron chi connectivity index (χ1n) is 5.61. The Morgan fingerprint density at radius 3 is 2.83 bits per heavy atom. The number of nitrogens with one attached hydrogen (secondary N) is 2. The topological polar surface area (TPSA) is 44.9 Å². The zero-order valence-corrected chi connectivity index (χ0v) is 9.75. The second kappa shape index (κ2) is 3.84. The van der Waals surface area contributed by atoms with Crippen molar-refractivity contribution in [2.24, 2.45) is 0 Å². The van der Waals surface area contributed by atoms with Gasteiger partial charge in [0.05, 0.1) is 5.57 Å². The van der Waals surface area contributed by atoms with Crippen LogP contribution in [0.5, 0.6) is 0 Å². The lowest BCUT2D eigenvalue weighted by molar-refractivity contribution is -0.110. The minimum Gasteiger partial charge on any atom is -0.361 e. The van der Waals surface area contributed by atoms with Gasteiger partial charge in [-0.3, -0.25) is 4.79 Å². The summed E-state index contributed by atoms with van der Waals surface area (Å²) in [7, 11) is 0. The zero-order valence-electron chi connectivity index (χ0n) is 9.75. The summed E-state index contributed by atoms with van der Waals surface area (Å²) < 4.78 is 13.2. The molecule has 1 amide bonds. The van der Waals surface area contributed by atoms with Crippen molar-refractivity contribution in [3.05, 3.63) is 53.1 Å². The first-order chi connectivity index (χ1) is 8.63. The van der Waals surface area contributed by atoms with E-state index in [0.717, 1.165) is 11.3 Å². The lowest BCUT2D eigenvalue weighted by Gasteiger charge is -1.97. The first kappa shape index (κ1) is 10.8. The third-order valence-electron chi connectivity index (χ3n) is 2.91. The van der Waals surface area contributed by atoms with Crippen molar-refractivity contribution in [3.63, 3.8) is 0 Å². The van der Waals surface area contributed by atoms with Gasteiger partial charge >= 0.3 is 0 Å². The fourth-order valence-electron chi connectivity index (χ4n) is 2.07. The van der Waals surface area contributed by atoms with E-state index in [1.807, 2.05) is 19.2 Å². The molecule has 18 heavy (non-hydrogen) atoms. The summed E-state index contributed by atoms with van der Waals surface area (Å²) in [5.74, 6) is -0.554. The van der Waals surface area contributed by atoms with E-state index >= 15 is 0 Å². The number of aromatic amines is 1.